The van der Waals surface area contributed by atoms with Crippen LogP contribution in [0.5, 0.6) is 5.75 Å². The van der Waals surface area contributed by atoms with Crippen molar-refractivity contribution in [3.8, 4) is 11.4 Å². The molecule has 0 saturated heterocycles. The van der Waals surface area contributed by atoms with Crippen LogP contribution in [0, 0.1) is 0 Å². The van der Waals surface area contributed by atoms with Gasteiger partial charge in [0.15, 0.2) is 0 Å². The van der Waals surface area contributed by atoms with E-state index in [4.69, 9.17) is 10.5 Å². The molecule has 0 aliphatic heterocycles. The number of nitrogens with zero attached hydrogens (tertiary/aromatic N) is 2. The Kier molecular flexibility index (Phi) is 3.97. The quantitative estimate of drug-likeness (QED) is 0.726. The molecule has 0 aliphatic rings. The third kappa shape index (κ3) is 3.16. The van der Waals surface area contributed by atoms with Crippen LogP contribution in [0.25, 0.3) is 5.69 Å². The summed E-state index contributed by atoms with van der Waals surface area (Å²) < 4.78 is 6.92. The van der Waals surface area contributed by atoms with Gasteiger partial charge in [0.2, 0.25) is 0 Å². The van der Waals surface area contributed by atoms with Gasteiger partial charge in [-0.15, -0.1) is 0 Å². The third-order valence-electron chi connectivity index (χ3n) is 3.44. The number of nitrogens with one attached hydrogen (secondary N) is 1. The molecule has 3 N–H and O–H groups in total. The van der Waals surface area contributed by atoms with Crippen molar-refractivity contribution < 1.29 is 9.53 Å². The van der Waals surface area contributed by atoms with Crippen molar-refractivity contribution in [1.29, 1.82) is 0 Å². The first-order valence-corrected chi connectivity index (χ1v) is 7.00. The molecule has 2 aromatic carbocycles. The number of nitrogen functional groups attached to an aromatic ring is 1. The summed E-state index contributed by atoms with van der Waals surface area (Å²) in [5, 5.41) is 2.83. The van der Waals surface area contributed by atoms with E-state index < -0.39 is 0 Å². The number of hydrogen-bond acceptors (Lipinski definition) is 4. The summed E-state index contributed by atoms with van der Waals surface area (Å²) in [6.45, 7) is 0. The number of anilines is 2. The summed E-state index contributed by atoms with van der Waals surface area (Å²) in [5.74, 6) is 0.463. The maximum atomic E-state index is 12.3. The van der Waals surface area contributed by atoms with Crippen LogP contribution in [0.1, 0.15) is 10.4 Å². The van der Waals surface area contributed by atoms with Crippen LogP contribution in [0.15, 0.2) is 61.2 Å². The number of imidazole rings is 1. The Labute approximate surface area is 133 Å². The number of aromatic nitrogens is 2. The Morgan fingerprint density at radius 2 is 2.00 bits per heavy atom. The van der Waals surface area contributed by atoms with Crippen LogP contribution in [0.3, 0.4) is 0 Å². The fourth-order valence-electron chi connectivity index (χ4n) is 2.16. The number of nitrogens with two attached hydrogens (primary N) is 1. The highest BCUT2D eigenvalue weighted by molar-refractivity contribution is 6.06. The molecule has 0 unspecified atom stereocenters. The van der Waals surface area contributed by atoms with E-state index in [9.17, 15) is 4.79 Å². The largest absolute Gasteiger partial charge is 0.497 e. The van der Waals surface area contributed by atoms with Crippen LogP contribution in [0.2, 0.25) is 0 Å². The lowest BCUT2D eigenvalue weighted by atomic mass is 10.2. The lowest BCUT2D eigenvalue weighted by Gasteiger charge is -2.11. The molecule has 116 valence electrons. The zero-order valence-corrected chi connectivity index (χ0v) is 12.6. The number of methoxy groups -OCH3 is 1. The SMILES string of the molecule is COc1ccc(C(=O)Nc2cc(-n3ccnc3)ccc2N)cc1. The number of carbonyl (C=O) groups excluding carboxylic acids is 1. The van der Waals surface area contributed by atoms with Crippen molar-refractivity contribution in [2.75, 3.05) is 18.2 Å². The highest BCUT2D eigenvalue weighted by Gasteiger charge is 2.09. The second-order valence-electron chi connectivity index (χ2n) is 4.92. The van der Waals surface area contributed by atoms with Crippen LogP contribution < -0.4 is 15.8 Å². The van der Waals surface area contributed by atoms with Gasteiger partial charge in [-0.05, 0) is 42.5 Å². The van der Waals surface area contributed by atoms with Gasteiger partial charge in [0.05, 0.1) is 24.8 Å². The standard InChI is InChI=1S/C17H16N4O2/c1-23-14-5-2-12(3-6-14)17(22)20-16-10-13(4-7-15(16)18)21-9-8-19-11-21/h2-11H,18H2,1H3,(H,20,22). The van der Waals surface area contributed by atoms with E-state index in [0.29, 0.717) is 22.7 Å². The maximum Gasteiger partial charge on any atom is 0.255 e. The smallest absolute Gasteiger partial charge is 0.255 e. The van der Waals surface area contributed by atoms with Crippen molar-refractivity contribution in [3.05, 3.63) is 66.7 Å². The summed E-state index contributed by atoms with van der Waals surface area (Å²) in [6, 6.07) is 12.3. The summed E-state index contributed by atoms with van der Waals surface area (Å²) in [7, 11) is 1.58. The lowest BCUT2D eigenvalue weighted by Crippen LogP contribution is -2.13. The zero-order valence-electron chi connectivity index (χ0n) is 12.6. The lowest BCUT2D eigenvalue weighted by molar-refractivity contribution is 0.102. The summed E-state index contributed by atoms with van der Waals surface area (Å²) in [6.07, 6.45) is 5.19. The average Bonchev–Trinajstić information content (AvgIpc) is 3.11. The van der Waals surface area contributed by atoms with Crippen LogP contribution in [-0.2, 0) is 0 Å². The molecule has 6 heteroatoms. The highest BCUT2D eigenvalue weighted by atomic mass is 16.5. The first kappa shape index (κ1) is 14.6. The van der Waals surface area contributed by atoms with Crippen LogP contribution >= 0.6 is 0 Å². The molecule has 0 bridgehead atoms. The second kappa shape index (κ2) is 6.23. The van der Waals surface area contributed by atoms with E-state index in [2.05, 4.69) is 10.3 Å². The molecule has 0 radical (unpaired) electrons. The number of carbonyl (C=O) groups is 1. The summed E-state index contributed by atoms with van der Waals surface area (Å²) >= 11 is 0. The van der Waals surface area contributed by atoms with Gasteiger partial charge < -0.3 is 20.4 Å². The minimum atomic E-state index is -0.234. The molecule has 1 heterocycles. The topological polar surface area (TPSA) is 82.2 Å². The molecular weight excluding hydrogens is 292 g/mol. The molecule has 3 aromatic rings. The normalized spacial score (nSPS) is 10.3. The van der Waals surface area contributed by atoms with Crippen molar-refractivity contribution >= 4 is 17.3 Å². The first-order chi connectivity index (χ1) is 11.2. The Balaban J connectivity index is 1.83. The van der Waals surface area contributed by atoms with Gasteiger partial charge >= 0.3 is 0 Å². The summed E-state index contributed by atoms with van der Waals surface area (Å²) in [4.78, 5) is 16.3. The van der Waals surface area contributed by atoms with Crippen LogP contribution in [-0.4, -0.2) is 22.6 Å². The maximum absolute atomic E-state index is 12.3. The number of amides is 1. The molecule has 0 spiro atoms. The molecule has 6 nitrogen and oxygen atoms in total. The van der Waals surface area contributed by atoms with E-state index in [1.165, 1.54) is 0 Å². The molecule has 1 aromatic heterocycles. The van der Waals surface area contributed by atoms with Crippen molar-refractivity contribution in [2.24, 2.45) is 0 Å². The van der Waals surface area contributed by atoms with Gasteiger partial charge in [-0.1, -0.05) is 0 Å². The molecule has 0 aliphatic carbocycles. The van der Waals surface area contributed by atoms with E-state index >= 15 is 0 Å². The van der Waals surface area contributed by atoms with E-state index in [1.807, 2.05) is 16.8 Å². The van der Waals surface area contributed by atoms with Crippen molar-refractivity contribution in [3.63, 3.8) is 0 Å². The van der Waals surface area contributed by atoms with Crippen molar-refractivity contribution in [2.45, 2.75) is 0 Å². The number of hydrogen-bond donors (Lipinski definition) is 2. The zero-order chi connectivity index (χ0) is 16.2. The Morgan fingerprint density at radius 3 is 2.65 bits per heavy atom. The minimum Gasteiger partial charge on any atom is -0.497 e. The molecule has 0 atom stereocenters. The summed E-state index contributed by atoms with van der Waals surface area (Å²) in [5.41, 5.74) is 8.39. The van der Waals surface area contributed by atoms with Crippen molar-refractivity contribution in [1.82, 2.24) is 9.55 Å². The second-order valence-corrected chi connectivity index (χ2v) is 4.92. The van der Waals surface area contributed by atoms with Gasteiger partial charge in [-0.3, -0.25) is 4.79 Å². The Bertz CT molecular complexity index is 811. The van der Waals surface area contributed by atoms with E-state index in [-0.39, 0.29) is 5.91 Å². The molecule has 3 rings (SSSR count). The van der Waals surface area contributed by atoms with Gasteiger partial charge in [-0.25, -0.2) is 4.98 Å². The highest BCUT2D eigenvalue weighted by Crippen LogP contribution is 2.23. The fourth-order valence-corrected chi connectivity index (χ4v) is 2.16. The van der Waals surface area contributed by atoms with Gasteiger partial charge in [0.1, 0.15) is 5.75 Å². The average molecular weight is 308 g/mol. The molecule has 1 amide bonds. The van der Waals surface area contributed by atoms with Gasteiger partial charge in [-0.2, -0.15) is 0 Å². The van der Waals surface area contributed by atoms with E-state index in [0.717, 1.165) is 5.69 Å². The Hall–Kier alpha value is -3.28. The van der Waals surface area contributed by atoms with Crippen LogP contribution in [0.4, 0.5) is 11.4 Å². The number of benzene rings is 2. The predicted octanol–water partition coefficient (Wildman–Crippen LogP) is 2.72. The number of rotatable bonds is 4. The number of ether oxygens (including phenoxy) is 1. The minimum absolute atomic E-state index is 0.234. The first-order valence-electron chi connectivity index (χ1n) is 7.00. The third-order valence-corrected chi connectivity index (χ3v) is 3.44. The predicted molar refractivity (Wildman–Crippen MR) is 88.9 cm³/mol. The molecule has 23 heavy (non-hydrogen) atoms. The fraction of sp³-hybridized carbons (Fsp3) is 0.0588. The molecular formula is C17H16N4O2. The molecule has 0 saturated carbocycles. The van der Waals surface area contributed by atoms with Gasteiger partial charge in [0.25, 0.3) is 5.91 Å². The van der Waals surface area contributed by atoms with Gasteiger partial charge in [0, 0.05) is 23.6 Å². The molecule has 0 fully saturated rings. The monoisotopic (exact) mass is 308 g/mol. The van der Waals surface area contributed by atoms with E-state index in [1.54, 1.807) is 56.0 Å². The Morgan fingerprint density at radius 1 is 1.22 bits per heavy atom.